The van der Waals surface area contributed by atoms with Crippen molar-refractivity contribution in [3.63, 3.8) is 0 Å². The Bertz CT molecular complexity index is 986. The number of benzene rings is 2. The van der Waals surface area contributed by atoms with Gasteiger partial charge in [0.2, 0.25) is 0 Å². The fourth-order valence-corrected chi connectivity index (χ4v) is 3.69. The van der Waals surface area contributed by atoms with Gasteiger partial charge >= 0.3 is 0 Å². The zero-order chi connectivity index (χ0) is 22.1. The quantitative estimate of drug-likeness (QED) is 0.465. The number of hydrogen-bond donors (Lipinski definition) is 2. The van der Waals surface area contributed by atoms with Crippen molar-refractivity contribution in [2.24, 2.45) is 0 Å². The van der Waals surface area contributed by atoms with E-state index < -0.39 is 0 Å². The summed E-state index contributed by atoms with van der Waals surface area (Å²) in [5, 5.41) is 3.98. The van der Waals surface area contributed by atoms with Crippen LogP contribution in [0.3, 0.4) is 0 Å². The highest BCUT2D eigenvalue weighted by molar-refractivity contribution is 6.07. The number of ether oxygens (including phenoxy) is 1. The second-order valence-electron chi connectivity index (χ2n) is 7.95. The van der Waals surface area contributed by atoms with Crippen LogP contribution in [0.2, 0.25) is 0 Å². The van der Waals surface area contributed by atoms with Crippen molar-refractivity contribution in [2.75, 3.05) is 33.3 Å². The summed E-state index contributed by atoms with van der Waals surface area (Å²) in [6.45, 7) is 7.74. The molecule has 1 unspecified atom stereocenters. The fourth-order valence-electron chi connectivity index (χ4n) is 3.69. The predicted molar refractivity (Wildman–Crippen MR) is 127 cm³/mol. The molecule has 0 fully saturated rings. The second-order valence-corrected chi connectivity index (χ2v) is 7.95. The first-order chi connectivity index (χ1) is 15.1. The molecule has 1 aromatic heterocycles. The minimum absolute atomic E-state index is 0.0444. The Kier molecular flexibility index (Phi) is 8.42. The molecule has 0 aliphatic rings. The van der Waals surface area contributed by atoms with Gasteiger partial charge in [-0.2, -0.15) is 0 Å². The molecule has 0 bridgehead atoms. The van der Waals surface area contributed by atoms with Gasteiger partial charge in [-0.25, -0.2) is 4.98 Å². The first-order valence-electron chi connectivity index (χ1n) is 11.3. The number of amides is 1. The van der Waals surface area contributed by atoms with Crippen LogP contribution in [0.5, 0.6) is 5.75 Å². The third-order valence-corrected chi connectivity index (χ3v) is 5.44. The molecular formula is C26H34N3O2+. The van der Waals surface area contributed by atoms with Crippen molar-refractivity contribution in [2.45, 2.75) is 33.1 Å². The molecule has 2 N–H and O–H groups in total. The summed E-state index contributed by atoms with van der Waals surface area (Å²) in [5.74, 6) is 0.785. The molecular weight excluding hydrogens is 386 g/mol. The van der Waals surface area contributed by atoms with Gasteiger partial charge in [-0.15, -0.1) is 0 Å². The Morgan fingerprint density at radius 2 is 1.77 bits per heavy atom. The molecule has 5 nitrogen and oxygen atoms in total. The zero-order valence-electron chi connectivity index (χ0n) is 18.9. The number of aromatic nitrogens is 1. The van der Waals surface area contributed by atoms with Crippen LogP contribution in [0.25, 0.3) is 22.2 Å². The lowest BCUT2D eigenvalue weighted by Crippen LogP contribution is -3.09. The lowest BCUT2D eigenvalue weighted by atomic mass is 10.0. The van der Waals surface area contributed by atoms with Crippen LogP contribution in [0.1, 0.15) is 43.5 Å². The van der Waals surface area contributed by atoms with Crippen LogP contribution >= 0.6 is 0 Å². The molecule has 3 aromatic rings. The molecule has 2 aromatic carbocycles. The Labute approximate surface area is 185 Å². The van der Waals surface area contributed by atoms with E-state index in [4.69, 9.17) is 9.72 Å². The normalized spacial score (nSPS) is 12.0. The van der Waals surface area contributed by atoms with Gasteiger partial charge in [0, 0.05) is 23.9 Å². The molecule has 1 amide bonds. The maximum Gasteiger partial charge on any atom is 0.252 e. The SMILES string of the molecule is CCCC[NH+](C)CCCNC(=O)c1cc(-c2ccc(OCC)cc2)nc2ccccc12. The summed E-state index contributed by atoms with van der Waals surface area (Å²) in [7, 11) is 2.22. The maximum atomic E-state index is 13.0. The number of carbonyl (C=O) groups excluding carboxylic acids is 1. The third kappa shape index (κ3) is 6.28. The predicted octanol–water partition coefficient (Wildman–Crippen LogP) is 3.74. The Hall–Kier alpha value is -2.92. The van der Waals surface area contributed by atoms with Crippen LogP contribution in [0.4, 0.5) is 0 Å². The summed E-state index contributed by atoms with van der Waals surface area (Å²) in [4.78, 5) is 19.3. The lowest BCUT2D eigenvalue weighted by Gasteiger charge is -2.14. The summed E-state index contributed by atoms with van der Waals surface area (Å²) >= 11 is 0. The first-order valence-corrected chi connectivity index (χ1v) is 11.3. The zero-order valence-corrected chi connectivity index (χ0v) is 18.9. The second kappa shape index (κ2) is 11.5. The molecule has 31 heavy (non-hydrogen) atoms. The smallest absolute Gasteiger partial charge is 0.252 e. The van der Waals surface area contributed by atoms with Gasteiger partial charge in [0.1, 0.15) is 5.75 Å². The highest BCUT2D eigenvalue weighted by Crippen LogP contribution is 2.26. The Morgan fingerprint density at radius 1 is 1.03 bits per heavy atom. The van der Waals surface area contributed by atoms with Crippen LogP contribution in [0, 0.1) is 0 Å². The van der Waals surface area contributed by atoms with Crippen molar-refractivity contribution < 1.29 is 14.4 Å². The molecule has 5 heteroatoms. The maximum absolute atomic E-state index is 13.0. The summed E-state index contributed by atoms with van der Waals surface area (Å²) < 4.78 is 5.54. The van der Waals surface area contributed by atoms with Crippen molar-refractivity contribution in [3.05, 3.63) is 60.2 Å². The van der Waals surface area contributed by atoms with E-state index in [0.717, 1.165) is 40.9 Å². The number of nitrogens with zero attached hydrogens (tertiary/aromatic N) is 1. The van der Waals surface area contributed by atoms with Gasteiger partial charge < -0.3 is 15.0 Å². The van der Waals surface area contributed by atoms with Crippen LogP contribution in [-0.2, 0) is 0 Å². The number of para-hydroxylation sites is 1. The van der Waals surface area contributed by atoms with Crippen molar-refractivity contribution in [1.82, 2.24) is 10.3 Å². The fraction of sp³-hybridized carbons (Fsp3) is 0.385. The van der Waals surface area contributed by atoms with Gasteiger partial charge in [0.05, 0.1) is 43.5 Å². The molecule has 0 saturated heterocycles. The molecule has 0 spiro atoms. The largest absolute Gasteiger partial charge is 0.494 e. The minimum atomic E-state index is -0.0444. The molecule has 0 saturated carbocycles. The molecule has 0 radical (unpaired) electrons. The van der Waals surface area contributed by atoms with E-state index >= 15 is 0 Å². The topological polar surface area (TPSA) is 55.7 Å². The number of quaternary nitrogens is 1. The monoisotopic (exact) mass is 420 g/mol. The summed E-state index contributed by atoms with van der Waals surface area (Å²) in [5.41, 5.74) is 3.24. The van der Waals surface area contributed by atoms with Crippen molar-refractivity contribution >= 4 is 16.8 Å². The number of rotatable bonds is 11. The van der Waals surface area contributed by atoms with E-state index in [9.17, 15) is 4.79 Å². The van der Waals surface area contributed by atoms with E-state index in [1.54, 1.807) is 0 Å². The molecule has 0 aliphatic carbocycles. The number of fused-ring (bicyclic) bond motifs is 1. The highest BCUT2D eigenvalue weighted by Gasteiger charge is 2.14. The molecule has 0 aliphatic heterocycles. The van der Waals surface area contributed by atoms with Gasteiger partial charge in [-0.1, -0.05) is 31.5 Å². The van der Waals surface area contributed by atoms with Gasteiger partial charge in [0.15, 0.2) is 0 Å². The van der Waals surface area contributed by atoms with Crippen LogP contribution in [-0.4, -0.2) is 44.2 Å². The number of nitrogens with one attached hydrogen (secondary N) is 2. The highest BCUT2D eigenvalue weighted by atomic mass is 16.5. The van der Waals surface area contributed by atoms with E-state index in [-0.39, 0.29) is 5.91 Å². The summed E-state index contributed by atoms with van der Waals surface area (Å²) in [6.07, 6.45) is 3.44. The average molecular weight is 421 g/mol. The standard InChI is InChI=1S/C26H33N3O2/c1-4-6-17-29(3)18-9-16-27-26(30)23-19-25(28-24-11-8-7-10-22(23)24)20-12-14-21(15-13-20)31-5-2/h7-8,10-15,19H,4-6,9,16-18H2,1-3H3,(H,27,30)/p+1. The minimum Gasteiger partial charge on any atom is -0.494 e. The Balaban J connectivity index is 1.75. The van der Waals surface area contributed by atoms with Gasteiger partial charge in [0.25, 0.3) is 5.91 Å². The van der Waals surface area contributed by atoms with Gasteiger partial charge in [-0.05, 0) is 49.7 Å². The molecule has 1 atom stereocenters. The van der Waals surface area contributed by atoms with Crippen molar-refractivity contribution in [1.29, 1.82) is 0 Å². The first kappa shape index (κ1) is 22.8. The average Bonchev–Trinajstić information content (AvgIpc) is 2.80. The van der Waals surface area contributed by atoms with E-state index in [0.29, 0.717) is 18.7 Å². The lowest BCUT2D eigenvalue weighted by molar-refractivity contribution is -0.879. The summed E-state index contributed by atoms with van der Waals surface area (Å²) in [6, 6.07) is 17.6. The number of unbranched alkanes of at least 4 members (excludes halogenated alkanes) is 1. The van der Waals surface area contributed by atoms with Crippen LogP contribution < -0.4 is 15.0 Å². The van der Waals surface area contributed by atoms with E-state index in [1.165, 1.54) is 24.3 Å². The van der Waals surface area contributed by atoms with Gasteiger partial charge in [-0.3, -0.25) is 4.79 Å². The number of hydrogen-bond acceptors (Lipinski definition) is 3. The Morgan fingerprint density at radius 3 is 2.52 bits per heavy atom. The molecule has 164 valence electrons. The number of carbonyl (C=O) groups is 1. The number of pyridine rings is 1. The molecule has 3 rings (SSSR count). The van der Waals surface area contributed by atoms with Crippen molar-refractivity contribution in [3.8, 4) is 17.0 Å². The van der Waals surface area contributed by atoms with E-state index in [1.807, 2.05) is 61.5 Å². The van der Waals surface area contributed by atoms with E-state index in [2.05, 4.69) is 19.3 Å². The molecule has 1 heterocycles. The third-order valence-electron chi connectivity index (χ3n) is 5.44. The van der Waals surface area contributed by atoms with Crippen LogP contribution in [0.15, 0.2) is 54.6 Å².